The van der Waals surface area contributed by atoms with Crippen molar-refractivity contribution >= 4 is 12.1 Å². The van der Waals surface area contributed by atoms with E-state index in [1.165, 1.54) is 11.3 Å². The van der Waals surface area contributed by atoms with E-state index in [1.54, 1.807) is 7.05 Å². The van der Waals surface area contributed by atoms with Crippen molar-refractivity contribution in [2.75, 3.05) is 7.05 Å². The number of nitrogens with one attached hydrogen (secondary N) is 3. The molecule has 3 N–H and O–H groups in total. The van der Waals surface area contributed by atoms with Crippen molar-refractivity contribution < 1.29 is 9.59 Å². The van der Waals surface area contributed by atoms with E-state index in [0.717, 1.165) is 25.7 Å². The molecule has 1 saturated carbocycles. The SMILES string of the molecule is CNC1NC(=O)N(C2CCCCC2)C(=O)N1. The molecule has 1 heterocycles. The van der Waals surface area contributed by atoms with Gasteiger partial charge in [-0.05, 0) is 19.9 Å². The van der Waals surface area contributed by atoms with Gasteiger partial charge in [-0.3, -0.25) is 5.32 Å². The van der Waals surface area contributed by atoms with Crippen molar-refractivity contribution in [1.29, 1.82) is 0 Å². The summed E-state index contributed by atoms with van der Waals surface area (Å²) in [5, 5.41) is 8.17. The first-order valence-electron chi connectivity index (χ1n) is 5.80. The summed E-state index contributed by atoms with van der Waals surface area (Å²) < 4.78 is 0. The largest absolute Gasteiger partial charge is 0.328 e. The number of carbonyl (C=O) groups is 2. The standard InChI is InChI=1S/C10H18N4O2/c1-11-8-12-9(15)14(10(16)13-8)7-5-3-2-4-6-7/h7-8,11H,2-6H2,1H3,(H,12,15)(H,13,16). The van der Waals surface area contributed by atoms with Crippen LogP contribution in [-0.4, -0.2) is 36.3 Å². The molecule has 6 heteroatoms. The molecule has 0 aromatic heterocycles. The maximum absolute atomic E-state index is 11.8. The molecule has 1 saturated heterocycles. The summed E-state index contributed by atoms with van der Waals surface area (Å²) in [4.78, 5) is 24.9. The van der Waals surface area contributed by atoms with Crippen LogP contribution < -0.4 is 16.0 Å². The van der Waals surface area contributed by atoms with Crippen LogP contribution in [0.5, 0.6) is 0 Å². The summed E-state index contributed by atoms with van der Waals surface area (Å²) >= 11 is 0. The third-order valence-electron chi connectivity index (χ3n) is 3.20. The fourth-order valence-corrected chi connectivity index (χ4v) is 2.33. The molecule has 0 spiro atoms. The fourth-order valence-electron chi connectivity index (χ4n) is 2.33. The maximum atomic E-state index is 11.8. The topological polar surface area (TPSA) is 73.5 Å². The number of hydrogen-bond donors (Lipinski definition) is 3. The Kier molecular flexibility index (Phi) is 3.28. The zero-order valence-electron chi connectivity index (χ0n) is 9.45. The second-order valence-corrected chi connectivity index (χ2v) is 4.28. The molecule has 90 valence electrons. The average Bonchev–Trinajstić information content (AvgIpc) is 2.29. The van der Waals surface area contributed by atoms with E-state index in [4.69, 9.17) is 0 Å². The number of hydrogen-bond acceptors (Lipinski definition) is 3. The number of rotatable bonds is 2. The molecule has 1 aliphatic carbocycles. The molecule has 0 radical (unpaired) electrons. The summed E-state index contributed by atoms with van der Waals surface area (Å²) in [6.07, 6.45) is 4.77. The lowest BCUT2D eigenvalue weighted by Crippen LogP contribution is -2.69. The first-order valence-corrected chi connectivity index (χ1v) is 5.80. The Hall–Kier alpha value is -1.30. The van der Waals surface area contributed by atoms with Crippen LogP contribution in [0.15, 0.2) is 0 Å². The van der Waals surface area contributed by atoms with Gasteiger partial charge in [0.15, 0.2) is 6.29 Å². The second kappa shape index (κ2) is 4.69. The summed E-state index contributed by atoms with van der Waals surface area (Å²) in [5.74, 6) is 0. The Morgan fingerprint density at radius 3 is 2.19 bits per heavy atom. The zero-order chi connectivity index (χ0) is 11.5. The van der Waals surface area contributed by atoms with Crippen LogP contribution in [0.3, 0.4) is 0 Å². The lowest BCUT2D eigenvalue weighted by Gasteiger charge is -2.38. The minimum Gasteiger partial charge on any atom is -0.305 e. The van der Waals surface area contributed by atoms with E-state index in [2.05, 4.69) is 16.0 Å². The van der Waals surface area contributed by atoms with Gasteiger partial charge >= 0.3 is 12.1 Å². The fraction of sp³-hybridized carbons (Fsp3) is 0.800. The molecule has 16 heavy (non-hydrogen) atoms. The van der Waals surface area contributed by atoms with Crippen LogP contribution >= 0.6 is 0 Å². The van der Waals surface area contributed by atoms with Gasteiger partial charge in [0, 0.05) is 6.04 Å². The molecule has 2 aliphatic rings. The van der Waals surface area contributed by atoms with E-state index in [-0.39, 0.29) is 18.1 Å². The van der Waals surface area contributed by atoms with E-state index in [1.807, 2.05) is 0 Å². The highest BCUT2D eigenvalue weighted by Gasteiger charge is 2.36. The van der Waals surface area contributed by atoms with Crippen LogP contribution in [0.25, 0.3) is 0 Å². The van der Waals surface area contributed by atoms with Crippen LogP contribution in [0.2, 0.25) is 0 Å². The van der Waals surface area contributed by atoms with Gasteiger partial charge in [-0.15, -0.1) is 0 Å². The van der Waals surface area contributed by atoms with Crippen molar-refractivity contribution in [1.82, 2.24) is 20.9 Å². The van der Waals surface area contributed by atoms with Crippen molar-refractivity contribution in [3.05, 3.63) is 0 Å². The van der Waals surface area contributed by atoms with E-state index < -0.39 is 6.29 Å². The Balaban J connectivity index is 2.03. The second-order valence-electron chi connectivity index (χ2n) is 4.28. The first-order chi connectivity index (χ1) is 7.72. The van der Waals surface area contributed by atoms with Gasteiger partial charge in [0.05, 0.1) is 0 Å². The third-order valence-corrected chi connectivity index (χ3v) is 3.20. The molecular weight excluding hydrogens is 208 g/mol. The minimum absolute atomic E-state index is 0.0616. The Morgan fingerprint density at radius 2 is 1.69 bits per heavy atom. The molecule has 0 aromatic rings. The maximum Gasteiger partial charge on any atom is 0.328 e. The highest BCUT2D eigenvalue weighted by Crippen LogP contribution is 2.23. The number of amides is 4. The zero-order valence-corrected chi connectivity index (χ0v) is 9.45. The molecule has 0 aromatic carbocycles. The molecule has 0 atom stereocenters. The Morgan fingerprint density at radius 1 is 1.12 bits per heavy atom. The molecular formula is C10H18N4O2. The first kappa shape index (κ1) is 11.2. The number of urea groups is 2. The molecule has 0 unspecified atom stereocenters. The van der Waals surface area contributed by atoms with Gasteiger partial charge in [0.1, 0.15) is 0 Å². The van der Waals surface area contributed by atoms with Crippen LogP contribution in [0.1, 0.15) is 32.1 Å². The van der Waals surface area contributed by atoms with Crippen LogP contribution in [0, 0.1) is 0 Å². The Bertz CT molecular complexity index is 271. The highest BCUT2D eigenvalue weighted by atomic mass is 16.2. The van der Waals surface area contributed by atoms with E-state index >= 15 is 0 Å². The lowest BCUT2D eigenvalue weighted by molar-refractivity contribution is 0.133. The van der Waals surface area contributed by atoms with Crippen LogP contribution in [0.4, 0.5) is 9.59 Å². The van der Waals surface area contributed by atoms with Crippen molar-refractivity contribution in [2.24, 2.45) is 0 Å². The predicted molar refractivity (Wildman–Crippen MR) is 58.6 cm³/mol. The van der Waals surface area contributed by atoms with E-state index in [0.29, 0.717) is 0 Å². The summed E-state index contributed by atoms with van der Waals surface area (Å²) in [7, 11) is 1.68. The van der Waals surface area contributed by atoms with Crippen LogP contribution in [-0.2, 0) is 0 Å². The van der Waals surface area contributed by atoms with Crippen molar-refractivity contribution in [2.45, 2.75) is 44.4 Å². The molecule has 6 nitrogen and oxygen atoms in total. The highest BCUT2D eigenvalue weighted by molar-refractivity contribution is 5.96. The summed E-state index contributed by atoms with van der Waals surface area (Å²) in [5.41, 5.74) is 0. The molecule has 0 bridgehead atoms. The quantitative estimate of drug-likeness (QED) is 0.644. The van der Waals surface area contributed by atoms with Gasteiger partial charge in [-0.2, -0.15) is 0 Å². The van der Waals surface area contributed by atoms with Crippen molar-refractivity contribution in [3.63, 3.8) is 0 Å². The number of nitrogens with zero attached hydrogens (tertiary/aromatic N) is 1. The monoisotopic (exact) mass is 226 g/mol. The average molecular weight is 226 g/mol. The third kappa shape index (κ3) is 2.11. The molecule has 1 aliphatic heterocycles. The summed E-state index contributed by atoms with van der Waals surface area (Å²) in [6, 6.07) is -0.531. The van der Waals surface area contributed by atoms with Crippen molar-refractivity contribution in [3.8, 4) is 0 Å². The number of carbonyl (C=O) groups excluding carboxylic acids is 2. The van der Waals surface area contributed by atoms with Gasteiger partial charge in [-0.25, -0.2) is 14.5 Å². The normalized spacial score (nSPS) is 24.2. The number of imide groups is 1. The van der Waals surface area contributed by atoms with Gasteiger partial charge in [-0.1, -0.05) is 19.3 Å². The van der Waals surface area contributed by atoms with Gasteiger partial charge in [0.25, 0.3) is 0 Å². The predicted octanol–water partition coefficient (Wildman–Crippen LogP) is 0.557. The molecule has 4 amide bonds. The summed E-state index contributed by atoms with van der Waals surface area (Å²) in [6.45, 7) is 0. The lowest BCUT2D eigenvalue weighted by atomic mass is 9.94. The molecule has 2 rings (SSSR count). The molecule has 2 fully saturated rings. The Labute approximate surface area is 94.7 Å². The van der Waals surface area contributed by atoms with Gasteiger partial charge < -0.3 is 10.6 Å². The van der Waals surface area contributed by atoms with E-state index in [9.17, 15) is 9.59 Å². The smallest absolute Gasteiger partial charge is 0.305 e. The van der Waals surface area contributed by atoms with Gasteiger partial charge in [0.2, 0.25) is 0 Å². The minimum atomic E-state index is -0.458.